The maximum Gasteiger partial charge on any atom is 0.326 e. The zero-order chi connectivity index (χ0) is 26.9. The molecule has 0 spiro atoms. The van der Waals surface area contributed by atoms with Crippen LogP contribution in [0.25, 0.3) is 10.9 Å². The van der Waals surface area contributed by atoms with Crippen molar-refractivity contribution in [2.45, 2.75) is 51.5 Å². The molecule has 0 amide bonds. The smallest absolute Gasteiger partial charge is 0.326 e. The molecule has 0 fully saturated rings. The fourth-order valence-electron chi connectivity index (χ4n) is 4.79. The highest BCUT2D eigenvalue weighted by Crippen LogP contribution is 2.27. The molecule has 38 heavy (non-hydrogen) atoms. The van der Waals surface area contributed by atoms with Crippen molar-refractivity contribution in [3.05, 3.63) is 52.4 Å². The summed E-state index contributed by atoms with van der Waals surface area (Å²) in [6.45, 7) is 5.55. The van der Waals surface area contributed by atoms with Crippen LogP contribution in [0.2, 0.25) is 5.02 Å². The minimum absolute atomic E-state index is 0.431. The summed E-state index contributed by atoms with van der Waals surface area (Å²) in [5.41, 5.74) is 2.92. The van der Waals surface area contributed by atoms with Crippen molar-refractivity contribution in [1.82, 2.24) is 19.9 Å². The molecular formula is C28H37ClN6O3. The number of nitrogens with one attached hydrogen (secondary N) is 2. The molecular weight excluding hydrogens is 504 g/mol. The van der Waals surface area contributed by atoms with Gasteiger partial charge in [-0.3, -0.25) is 0 Å². The Bertz CT molecular complexity index is 1240. The number of ether oxygens (including phenoxy) is 1. The van der Waals surface area contributed by atoms with Crippen LogP contribution >= 0.6 is 11.6 Å². The van der Waals surface area contributed by atoms with Gasteiger partial charge in [0, 0.05) is 32.1 Å². The maximum absolute atomic E-state index is 12.1. The Labute approximate surface area is 229 Å². The van der Waals surface area contributed by atoms with Crippen molar-refractivity contribution < 1.29 is 14.6 Å². The molecule has 10 heteroatoms. The second kappa shape index (κ2) is 13.7. The van der Waals surface area contributed by atoms with E-state index in [0.717, 1.165) is 79.2 Å². The summed E-state index contributed by atoms with van der Waals surface area (Å²) in [6.07, 6.45) is 5.26. The summed E-state index contributed by atoms with van der Waals surface area (Å²) >= 11 is 6.51. The van der Waals surface area contributed by atoms with Crippen molar-refractivity contribution in [3.63, 3.8) is 0 Å². The molecule has 3 aromatic rings. The number of nitrogens with zero attached hydrogens (tertiary/aromatic N) is 4. The fourth-order valence-corrected chi connectivity index (χ4v) is 5.06. The number of aryl methyl sites for hydroxylation is 3. The number of para-hydroxylation sites is 1. The molecule has 1 aliphatic heterocycles. The monoisotopic (exact) mass is 540 g/mol. The van der Waals surface area contributed by atoms with E-state index in [0.29, 0.717) is 31.2 Å². The van der Waals surface area contributed by atoms with E-state index in [1.165, 1.54) is 5.56 Å². The lowest BCUT2D eigenvalue weighted by atomic mass is 10.1. The summed E-state index contributed by atoms with van der Waals surface area (Å²) in [4.78, 5) is 28.1. The van der Waals surface area contributed by atoms with E-state index in [4.69, 9.17) is 21.3 Å². The van der Waals surface area contributed by atoms with Gasteiger partial charge in [-0.25, -0.2) is 19.7 Å². The molecule has 4 rings (SSSR count). The Balaban J connectivity index is 1.33. The number of anilines is 2. The highest BCUT2D eigenvalue weighted by molar-refractivity contribution is 6.31. The lowest BCUT2D eigenvalue weighted by Gasteiger charge is -2.24. The van der Waals surface area contributed by atoms with Crippen LogP contribution in [-0.4, -0.2) is 76.9 Å². The standard InChI is InChI=1S/C28H37ClN6O3/c1-19-31-23-10-4-3-9-21(23)27(32-19)34-25(28(36)37)12-15-35(16-17-38-2)14-6-5-11-24-22(29)18-20-8-7-13-30-26(20)33-24/h3-4,9-10,18,25H,5-8,11-17H2,1-2H3,(H,30,33)(H,36,37)(H,31,32,34)/t25-/m0/s1. The first-order valence-electron chi connectivity index (χ1n) is 13.3. The van der Waals surface area contributed by atoms with E-state index >= 15 is 0 Å². The molecule has 1 aromatic carbocycles. The Morgan fingerprint density at radius 1 is 1.21 bits per heavy atom. The average Bonchev–Trinajstić information content (AvgIpc) is 2.91. The van der Waals surface area contributed by atoms with Crippen LogP contribution in [0.3, 0.4) is 0 Å². The SMILES string of the molecule is COCCN(CCCCc1nc2c(cc1Cl)CCCN2)CC[C@H](Nc1nc(C)nc2ccccc12)C(=O)O. The number of benzene rings is 1. The van der Waals surface area contributed by atoms with Gasteiger partial charge in [-0.15, -0.1) is 0 Å². The lowest BCUT2D eigenvalue weighted by molar-refractivity contribution is -0.138. The van der Waals surface area contributed by atoms with E-state index in [2.05, 4.69) is 31.6 Å². The van der Waals surface area contributed by atoms with Gasteiger partial charge in [-0.05, 0) is 75.8 Å². The van der Waals surface area contributed by atoms with Crippen molar-refractivity contribution in [1.29, 1.82) is 0 Å². The summed E-state index contributed by atoms with van der Waals surface area (Å²) in [6, 6.07) is 8.90. The number of pyridine rings is 1. The molecule has 3 N–H and O–H groups in total. The third-order valence-electron chi connectivity index (χ3n) is 6.85. The fraction of sp³-hybridized carbons (Fsp3) is 0.500. The zero-order valence-corrected chi connectivity index (χ0v) is 22.9. The molecule has 1 aliphatic rings. The average molecular weight is 541 g/mol. The highest BCUT2D eigenvalue weighted by Gasteiger charge is 2.21. The molecule has 0 unspecified atom stereocenters. The number of hydrogen-bond acceptors (Lipinski definition) is 8. The van der Waals surface area contributed by atoms with Gasteiger partial charge in [0.25, 0.3) is 0 Å². The van der Waals surface area contributed by atoms with Crippen molar-refractivity contribution in [3.8, 4) is 0 Å². The Morgan fingerprint density at radius 2 is 2.05 bits per heavy atom. The van der Waals surface area contributed by atoms with Crippen LogP contribution in [0.1, 0.15) is 42.8 Å². The van der Waals surface area contributed by atoms with Crippen LogP contribution < -0.4 is 10.6 Å². The first kappa shape index (κ1) is 28.0. The molecule has 0 bridgehead atoms. The number of fused-ring (bicyclic) bond motifs is 2. The van der Waals surface area contributed by atoms with Gasteiger partial charge < -0.3 is 25.4 Å². The number of carboxylic acid groups (broad SMARTS) is 1. The number of methoxy groups -OCH3 is 1. The predicted molar refractivity (Wildman–Crippen MR) is 151 cm³/mol. The summed E-state index contributed by atoms with van der Waals surface area (Å²) in [7, 11) is 1.68. The van der Waals surface area contributed by atoms with Crippen molar-refractivity contribution in [2.24, 2.45) is 0 Å². The number of carboxylic acids is 1. The van der Waals surface area contributed by atoms with E-state index < -0.39 is 12.0 Å². The van der Waals surface area contributed by atoms with E-state index in [-0.39, 0.29) is 0 Å². The molecule has 1 atom stereocenters. The normalized spacial score (nSPS) is 13.8. The highest BCUT2D eigenvalue weighted by atomic mass is 35.5. The van der Waals surface area contributed by atoms with Crippen LogP contribution in [-0.2, 0) is 22.4 Å². The Hall–Kier alpha value is -3.01. The van der Waals surface area contributed by atoms with Gasteiger partial charge in [0.15, 0.2) is 0 Å². The number of unbranched alkanes of at least 4 members (excludes halogenated alkanes) is 1. The van der Waals surface area contributed by atoms with Crippen molar-refractivity contribution in [2.75, 3.05) is 50.5 Å². The van der Waals surface area contributed by atoms with E-state index in [1.54, 1.807) is 7.11 Å². The molecule has 9 nitrogen and oxygen atoms in total. The summed E-state index contributed by atoms with van der Waals surface area (Å²) < 4.78 is 5.30. The minimum Gasteiger partial charge on any atom is -0.480 e. The zero-order valence-electron chi connectivity index (χ0n) is 22.2. The topological polar surface area (TPSA) is 113 Å². The second-order valence-corrected chi connectivity index (χ2v) is 10.1. The second-order valence-electron chi connectivity index (χ2n) is 9.71. The molecule has 0 saturated carbocycles. The van der Waals surface area contributed by atoms with Gasteiger partial charge in [-0.2, -0.15) is 0 Å². The van der Waals surface area contributed by atoms with Crippen LogP contribution in [0, 0.1) is 6.92 Å². The van der Waals surface area contributed by atoms with Crippen LogP contribution in [0.5, 0.6) is 0 Å². The van der Waals surface area contributed by atoms with E-state index in [1.807, 2.05) is 31.2 Å². The molecule has 204 valence electrons. The molecule has 3 heterocycles. The Kier molecular flexibility index (Phi) is 10.1. The largest absolute Gasteiger partial charge is 0.480 e. The van der Waals surface area contributed by atoms with Crippen LogP contribution in [0.4, 0.5) is 11.6 Å². The lowest BCUT2D eigenvalue weighted by Crippen LogP contribution is -2.37. The maximum atomic E-state index is 12.1. The van der Waals surface area contributed by atoms with Crippen molar-refractivity contribution >= 4 is 40.1 Å². The first-order valence-corrected chi connectivity index (χ1v) is 13.7. The molecule has 0 radical (unpaired) electrons. The number of aliphatic carboxylic acids is 1. The van der Waals surface area contributed by atoms with Gasteiger partial charge >= 0.3 is 5.97 Å². The van der Waals surface area contributed by atoms with Gasteiger partial charge in [-0.1, -0.05) is 23.7 Å². The predicted octanol–water partition coefficient (Wildman–Crippen LogP) is 4.57. The quantitative estimate of drug-likeness (QED) is 0.253. The first-order chi connectivity index (χ1) is 18.4. The number of carbonyl (C=O) groups is 1. The third-order valence-corrected chi connectivity index (χ3v) is 7.18. The van der Waals surface area contributed by atoms with Gasteiger partial charge in [0.2, 0.25) is 0 Å². The summed E-state index contributed by atoms with van der Waals surface area (Å²) in [5, 5.41) is 18.0. The number of hydrogen-bond donors (Lipinski definition) is 3. The van der Waals surface area contributed by atoms with Gasteiger partial charge in [0.1, 0.15) is 23.5 Å². The summed E-state index contributed by atoms with van der Waals surface area (Å²) in [5.74, 6) is 1.21. The Morgan fingerprint density at radius 3 is 2.87 bits per heavy atom. The molecule has 2 aromatic heterocycles. The van der Waals surface area contributed by atoms with Gasteiger partial charge in [0.05, 0.1) is 22.8 Å². The van der Waals surface area contributed by atoms with Crippen LogP contribution in [0.15, 0.2) is 30.3 Å². The minimum atomic E-state index is -0.904. The number of halogens is 1. The third kappa shape index (κ3) is 7.52. The molecule has 0 aliphatic carbocycles. The number of rotatable bonds is 14. The van der Waals surface area contributed by atoms with E-state index in [9.17, 15) is 9.90 Å². The molecule has 0 saturated heterocycles. The number of aromatic nitrogens is 3.